The third-order valence-corrected chi connectivity index (χ3v) is 3.95. The molecule has 0 aromatic carbocycles. The first kappa shape index (κ1) is 13.5. The summed E-state index contributed by atoms with van der Waals surface area (Å²) in [4.78, 5) is 24.9. The minimum atomic E-state index is 0.0586. The fourth-order valence-electron chi connectivity index (χ4n) is 2.75. The molecule has 1 unspecified atom stereocenters. The van der Waals surface area contributed by atoms with Crippen LogP contribution in [-0.4, -0.2) is 66.6 Å². The molecule has 20 heavy (non-hydrogen) atoms. The van der Waals surface area contributed by atoms with Crippen LogP contribution in [0.2, 0.25) is 0 Å². The lowest BCUT2D eigenvalue weighted by Crippen LogP contribution is -2.50. The molecule has 3 heterocycles. The molecule has 3 rings (SSSR count). The van der Waals surface area contributed by atoms with Crippen molar-refractivity contribution < 1.29 is 9.53 Å². The Labute approximate surface area is 118 Å². The van der Waals surface area contributed by atoms with Crippen LogP contribution in [0.5, 0.6) is 0 Å². The van der Waals surface area contributed by atoms with Gasteiger partial charge in [-0.3, -0.25) is 9.69 Å². The highest BCUT2D eigenvalue weighted by molar-refractivity contribution is 5.82. The second kappa shape index (κ2) is 6.28. The molecule has 0 amide bonds. The molecule has 0 spiro atoms. The van der Waals surface area contributed by atoms with Gasteiger partial charge in [0.05, 0.1) is 19.1 Å². The summed E-state index contributed by atoms with van der Waals surface area (Å²) in [6.45, 7) is 5.71. The van der Waals surface area contributed by atoms with Crippen LogP contribution in [0.15, 0.2) is 18.5 Å². The van der Waals surface area contributed by atoms with Crippen LogP contribution in [0.25, 0.3) is 0 Å². The highest BCUT2D eigenvalue weighted by Gasteiger charge is 2.27. The van der Waals surface area contributed by atoms with Gasteiger partial charge in [-0.1, -0.05) is 0 Å². The van der Waals surface area contributed by atoms with E-state index in [1.54, 1.807) is 12.4 Å². The highest BCUT2D eigenvalue weighted by atomic mass is 16.5. The number of rotatable bonds is 3. The maximum absolute atomic E-state index is 11.8. The lowest BCUT2D eigenvalue weighted by atomic mass is 10.00. The molecule has 2 saturated heterocycles. The average Bonchev–Trinajstić information content (AvgIpc) is 2.51. The van der Waals surface area contributed by atoms with Crippen molar-refractivity contribution >= 4 is 11.7 Å². The van der Waals surface area contributed by atoms with Gasteiger partial charge in [-0.05, 0) is 6.07 Å². The van der Waals surface area contributed by atoms with Gasteiger partial charge in [-0.25, -0.2) is 9.97 Å². The number of ether oxygens (including phenoxy) is 1. The minimum Gasteiger partial charge on any atom is -0.380 e. The molecule has 2 fully saturated rings. The van der Waals surface area contributed by atoms with Gasteiger partial charge in [0.2, 0.25) is 5.95 Å². The number of hydrogen-bond donors (Lipinski definition) is 0. The van der Waals surface area contributed by atoms with Gasteiger partial charge in [0, 0.05) is 51.5 Å². The number of carbonyl (C=O) groups excluding carboxylic acids is 1. The fourth-order valence-corrected chi connectivity index (χ4v) is 2.75. The summed E-state index contributed by atoms with van der Waals surface area (Å²) in [6, 6.07) is 1.83. The summed E-state index contributed by atoms with van der Waals surface area (Å²) in [5.74, 6) is 1.21. The first-order chi connectivity index (χ1) is 9.83. The van der Waals surface area contributed by atoms with E-state index in [2.05, 4.69) is 19.8 Å². The molecular weight excluding hydrogens is 256 g/mol. The van der Waals surface area contributed by atoms with E-state index in [0.717, 1.165) is 38.7 Å². The molecule has 0 aliphatic carbocycles. The van der Waals surface area contributed by atoms with Crippen molar-refractivity contribution in [3.8, 4) is 0 Å². The molecule has 6 nitrogen and oxygen atoms in total. The van der Waals surface area contributed by atoms with Crippen molar-refractivity contribution in [1.82, 2.24) is 14.9 Å². The van der Waals surface area contributed by atoms with Crippen LogP contribution in [0.1, 0.15) is 6.42 Å². The zero-order valence-electron chi connectivity index (χ0n) is 11.6. The maximum Gasteiger partial charge on any atom is 0.225 e. The zero-order chi connectivity index (χ0) is 13.8. The average molecular weight is 276 g/mol. The van der Waals surface area contributed by atoms with E-state index < -0.39 is 0 Å². The molecule has 6 heteroatoms. The van der Waals surface area contributed by atoms with E-state index in [0.29, 0.717) is 25.4 Å². The molecule has 0 bridgehead atoms. The molecule has 2 aliphatic heterocycles. The number of hydrogen-bond acceptors (Lipinski definition) is 6. The minimum absolute atomic E-state index is 0.0586. The quantitative estimate of drug-likeness (QED) is 0.786. The molecular formula is C14H20N4O2. The maximum atomic E-state index is 11.8. The molecule has 108 valence electrons. The monoisotopic (exact) mass is 276 g/mol. The molecule has 0 radical (unpaired) electrons. The molecule has 1 aromatic heterocycles. The summed E-state index contributed by atoms with van der Waals surface area (Å²) in [5, 5.41) is 0. The van der Waals surface area contributed by atoms with Gasteiger partial charge in [0.15, 0.2) is 0 Å². The van der Waals surface area contributed by atoms with E-state index in [4.69, 9.17) is 4.74 Å². The van der Waals surface area contributed by atoms with Gasteiger partial charge in [0.25, 0.3) is 0 Å². The zero-order valence-corrected chi connectivity index (χ0v) is 11.6. The number of Topliss-reactive ketones (excluding diaryl/α,β-unsaturated/α-hetero) is 1. The molecule has 0 saturated carbocycles. The lowest BCUT2D eigenvalue weighted by Gasteiger charge is -2.36. The summed E-state index contributed by atoms with van der Waals surface area (Å²) in [5.41, 5.74) is 0. The van der Waals surface area contributed by atoms with Crippen LogP contribution in [0.3, 0.4) is 0 Å². The Morgan fingerprint density at radius 2 is 1.95 bits per heavy atom. The predicted molar refractivity (Wildman–Crippen MR) is 74.6 cm³/mol. The number of nitrogens with zero attached hydrogens (tertiary/aromatic N) is 4. The molecule has 1 atom stereocenters. The summed E-state index contributed by atoms with van der Waals surface area (Å²) < 4.78 is 5.41. The second-order valence-corrected chi connectivity index (χ2v) is 5.32. The van der Waals surface area contributed by atoms with Gasteiger partial charge < -0.3 is 9.64 Å². The summed E-state index contributed by atoms with van der Waals surface area (Å²) in [7, 11) is 0. The number of piperazine rings is 1. The van der Waals surface area contributed by atoms with Crippen molar-refractivity contribution in [2.75, 3.05) is 50.8 Å². The standard InChI is InChI=1S/C14H20N4O2/c19-13-2-9-20-11-12(13)10-17-5-7-18(8-6-17)14-15-3-1-4-16-14/h1,3-4,12H,2,5-11H2. The SMILES string of the molecule is O=C1CCOCC1CN1CCN(c2ncccn2)CC1. The van der Waals surface area contributed by atoms with Gasteiger partial charge in [0.1, 0.15) is 5.78 Å². The Morgan fingerprint density at radius 1 is 1.20 bits per heavy atom. The first-order valence-corrected chi connectivity index (χ1v) is 7.18. The van der Waals surface area contributed by atoms with Crippen LogP contribution >= 0.6 is 0 Å². The Balaban J connectivity index is 1.50. The molecule has 2 aliphatic rings. The van der Waals surface area contributed by atoms with Crippen molar-refractivity contribution in [3.63, 3.8) is 0 Å². The highest BCUT2D eigenvalue weighted by Crippen LogP contribution is 2.14. The number of carbonyl (C=O) groups is 1. The van der Waals surface area contributed by atoms with Crippen molar-refractivity contribution in [2.45, 2.75) is 6.42 Å². The molecule has 1 aromatic rings. The van der Waals surface area contributed by atoms with Crippen molar-refractivity contribution in [2.24, 2.45) is 5.92 Å². The van der Waals surface area contributed by atoms with Crippen LogP contribution in [0, 0.1) is 5.92 Å². The van der Waals surface area contributed by atoms with Gasteiger partial charge >= 0.3 is 0 Å². The molecule has 0 N–H and O–H groups in total. The predicted octanol–water partition coefficient (Wildman–Crippen LogP) is 0.204. The van der Waals surface area contributed by atoms with E-state index in [9.17, 15) is 4.79 Å². The topological polar surface area (TPSA) is 58.6 Å². The Hall–Kier alpha value is -1.53. The number of aromatic nitrogens is 2. The first-order valence-electron chi connectivity index (χ1n) is 7.18. The summed E-state index contributed by atoms with van der Waals surface area (Å²) >= 11 is 0. The summed E-state index contributed by atoms with van der Waals surface area (Å²) in [6.07, 6.45) is 4.11. The Kier molecular flexibility index (Phi) is 4.22. The third-order valence-electron chi connectivity index (χ3n) is 3.95. The van der Waals surface area contributed by atoms with Gasteiger partial charge in [-0.15, -0.1) is 0 Å². The number of ketones is 1. The van der Waals surface area contributed by atoms with Crippen molar-refractivity contribution in [3.05, 3.63) is 18.5 Å². The van der Waals surface area contributed by atoms with Crippen LogP contribution in [-0.2, 0) is 9.53 Å². The third kappa shape index (κ3) is 3.13. The Morgan fingerprint density at radius 3 is 2.65 bits per heavy atom. The fraction of sp³-hybridized carbons (Fsp3) is 0.643. The van der Waals surface area contributed by atoms with E-state index >= 15 is 0 Å². The van der Waals surface area contributed by atoms with Gasteiger partial charge in [-0.2, -0.15) is 0 Å². The lowest BCUT2D eigenvalue weighted by molar-refractivity contribution is -0.131. The van der Waals surface area contributed by atoms with E-state index in [1.807, 2.05) is 6.07 Å². The normalized spacial score (nSPS) is 24.9. The smallest absolute Gasteiger partial charge is 0.225 e. The van der Waals surface area contributed by atoms with Crippen LogP contribution < -0.4 is 4.90 Å². The second-order valence-electron chi connectivity index (χ2n) is 5.32. The van der Waals surface area contributed by atoms with Crippen LogP contribution in [0.4, 0.5) is 5.95 Å². The van der Waals surface area contributed by atoms with E-state index in [-0.39, 0.29) is 5.92 Å². The largest absolute Gasteiger partial charge is 0.380 e. The van der Waals surface area contributed by atoms with E-state index in [1.165, 1.54) is 0 Å². The van der Waals surface area contributed by atoms with Crippen molar-refractivity contribution in [1.29, 1.82) is 0 Å². The Bertz CT molecular complexity index is 446. The number of anilines is 1.